The van der Waals surface area contributed by atoms with E-state index in [2.05, 4.69) is 30.8 Å². The summed E-state index contributed by atoms with van der Waals surface area (Å²) in [7, 11) is 1.80. The van der Waals surface area contributed by atoms with E-state index in [1.54, 1.807) is 30.2 Å². The Morgan fingerprint density at radius 2 is 1.80 bits per heavy atom. The molecule has 0 unspecified atom stereocenters. The number of carbonyl (C=O) groups is 1. The number of amides is 1. The van der Waals surface area contributed by atoms with Crippen LogP contribution < -0.4 is 15.8 Å². The third-order valence-electron chi connectivity index (χ3n) is 4.24. The van der Waals surface area contributed by atoms with E-state index in [0.717, 1.165) is 21.6 Å². The number of carbonyl (C=O) groups excluding carboxylic acids is 1. The Hall–Kier alpha value is -3.11. The highest BCUT2D eigenvalue weighted by molar-refractivity contribution is 6.30. The number of benzene rings is 2. The van der Waals surface area contributed by atoms with Gasteiger partial charge in [0.1, 0.15) is 0 Å². The zero-order valence-electron chi connectivity index (χ0n) is 17.9. The molecule has 156 valence electrons. The van der Waals surface area contributed by atoms with Gasteiger partial charge in [-0.2, -0.15) is 5.10 Å². The minimum atomic E-state index is -0.188. The van der Waals surface area contributed by atoms with Gasteiger partial charge in [0, 0.05) is 23.8 Å². The van der Waals surface area contributed by atoms with Crippen LogP contribution in [-0.4, -0.2) is 15.7 Å². The van der Waals surface area contributed by atoms with Crippen molar-refractivity contribution < 1.29 is 4.79 Å². The van der Waals surface area contributed by atoms with Crippen LogP contribution in [0.15, 0.2) is 67.5 Å². The lowest BCUT2D eigenvalue weighted by Crippen LogP contribution is -2.29. The number of rotatable bonds is 4. The molecule has 30 heavy (non-hydrogen) atoms. The SMILES string of the molecule is C=C/C(c1ccc(Cl)cc1)=c1/cc(C(=O)Nc2cnn(C)c2)cc/c1=C/C.CCC. The highest BCUT2D eigenvalue weighted by Gasteiger charge is 2.09. The van der Waals surface area contributed by atoms with Gasteiger partial charge in [-0.1, -0.05) is 68.8 Å². The maximum Gasteiger partial charge on any atom is 0.255 e. The molecule has 2 aromatic carbocycles. The molecule has 1 aromatic heterocycles. The van der Waals surface area contributed by atoms with Gasteiger partial charge in [-0.25, -0.2) is 0 Å². The van der Waals surface area contributed by atoms with Crippen LogP contribution in [0.5, 0.6) is 0 Å². The van der Waals surface area contributed by atoms with E-state index >= 15 is 0 Å². The fraction of sp³-hybridized carbons (Fsp3) is 0.200. The quantitative estimate of drug-likeness (QED) is 0.649. The van der Waals surface area contributed by atoms with Gasteiger partial charge in [0.2, 0.25) is 0 Å². The molecule has 0 spiro atoms. The number of allylic oxidation sites excluding steroid dienone is 1. The molecular weight excluding hydrogens is 394 g/mol. The molecule has 3 rings (SSSR count). The molecule has 0 bridgehead atoms. The fourth-order valence-corrected chi connectivity index (χ4v) is 3.01. The molecule has 4 nitrogen and oxygen atoms in total. The standard InChI is InChI=1S/C22H20ClN3O.C3H8/c1-4-15-6-7-17(22(27)25-19-13-24-26(3)14-19)12-21(15)20(5-2)16-8-10-18(23)11-9-16;1-3-2/h4-14H,2H2,1,3H3,(H,25,27);3H2,1-2H3/b15-4-,21-20+;. The fourth-order valence-electron chi connectivity index (χ4n) is 2.88. The number of nitrogens with one attached hydrogen (secondary N) is 1. The third kappa shape index (κ3) is 5.94. The molecule has 0 saturated heterocycles. The first-order valence-electron chi connectivity index (χ1n) is 9.92. The highest BCUT2D eigenvalue weighted by atomic mass is 35.5. The topological polar surface area (TPSA) is 46.9 Å². The van der Waals surface area contributed by atoms with E-state index in [1.807, 2.05) is 55.5 Å². The molecular formula is C25H28ClN3O. The Balaban J connectivity index is 0.00000101. The summed E-state index contributed by atoms with van der Waals surface area (Å²) < 4.78 is 1.64. The zero-order valence-corrected chi connectivity index (χ0v) is 18.7. The second kappa shape index (κ2) is 11.2. The van der Waals surface area contributed by atoms with Crippen LogP contribution in [0.2, 0.25) is 5.02 Å². The first-order chi connectivity index (χ1) is 14.4. The summed E-state index contributed by atoms with van der Waals surface area (Å²) in [5, 5.41) is 9.57. The van der Waals surface area contributed by atoms with Gasteiger partial charge in [0.15, 0.2) is 0 Å². The van der Waals surface area contributed by atoms with Crippen molar-refractivity contribution in [3.05, 3.63) is 94.1 Å². The smallest absolute Gasteiger partial charge is 0.255 e. The molecule has 5 heteroatoms. The van der Waals surface area contributed by atoms with Crippen molar-refractivity contribution in [3.8, 4) is 0 Å². The van der Waals surface area contributed by atoms with Gasteiger partial charge in [0.05, 0.1) is 11.9 Å². The van der Waals surface area contributed by atoms with E-state index in [1.165, 1.54) is 6.42 Å². The van der Waals surface area contributed by atoms with Crippen LogP contribution in [0.25, 0.3) is 11.6 Å². The second-order valence-electron chi connectivity index (χ2n) is 6.78. The number of aryl methyl sites for hydroxylation is 1. The highest BCUT2D eigenvalue weighted by Crippen LogP contribution is 2.16. The lowest BCUT2D eigenvalue weighted by molar-refractivity contribution is 0.102. The van der Waals surface area contributed by atoms with E-state index in [0.29, 0.717) is 16.3 Å². The average Bonchev–Trinajstić information content (AvgIpc) is 3.15. The maximum atomic E-state index is 12.7. The van der Waals surface area contributed by atoms with Gasteiger partial charge in [-0.15, -0.1) is 0 Å². The number of hydrogen-bond donors (Lipinski definition) is 1. The maximum absolute atomic E-state index is 12.7. The van der Waals surface area contributed by atoms with Gasteiger partial charge in [0.25, 0.3) is 5.91 Å². The van der Waals surface area contributed by atoms with Crippen molar-refractivity contribution in [2.24, 2.45) is 7.05 Å². The summed E-state index contributed by atoms with van der Waals surface area (Å²) in [6.07, 6.45) is 8.43. The van der Waals surface area contributed by atoms with Crippen molar-refractivity contribution in [2.45, 2.75) is 27.2 Å². The largest absolute Gasteiger partial charge is 0.319 e. The summed E-state index contributed by atoms with van der Waals surface area (Å²) in [4.78, 5) is 12.7. The minimum Gasteiger partial charge on any atom is -0.319 e. The van der Waals surface area contributed by atoms with Gasteiger partial charge in [-0.3, -0.25) is 9.48 Å². The number of aromatic nitrogens is 2. The zero-order chi connectivity index (χ0) is 22.1. The molecule has 0 aliphatic carbocycles. The number of anilines is 1. The lowest BCUT2D eigenvalue weighted by Gasteiger charge is -2.07. The Labute approximate surface area is 183 Å². The average molecular weight is 422 g/mol. The van der Waals surface area contributed by atoms with Gasteiger partial charge in [-0.05, 0) is 52.8 Å². The molecule has 0 radical (unpaired) electrons. The monoisotopic (exact) mass is 421 g/mol. The molecule has 3 aromatic rings. The second-order valence-corrected chi connectivity index (χ2v) is 7.22. The van der Waals surface area contributed by atoms with Crippen molar-refractivity contribution in [1.29, 1.82) is 0 Å². The van der Waals surface area contributed by atoms with E-state index in [9.17, 15) is 4.79 Å². The number of halogens is 1. The van der Waals surface area contributed by atoms with Crippen LogP contribution in [0.4, 0.5) is 5.69 Å². The van der Waals surface area contributed by atoms with E-state index in [-0.39, 0.29) is 5.91 Å². The summed E-state index contributed by atoms with van der Waals surface area (Å²) in [6, 6.07) is 13.2. The van der Waals surface area contributed by atoms with Gasteiger partial charge >= 0.3 is 0 Å². The predicted octanol–water partition coefficient (Wildman–Crippen LogP) is 4.93. The Morgan fingerprint density at radius 3 is 2.33 bits per heavy atom. The van der Waals surface area contributed by atoms with Crippen LogP contribution in [0, 0.1) is 0 Å². The van der Waals surface area contributed by atoms with Crippen LogP contribution in [-0.2, 0) is 7.05 Å². The predicted molar refractivity (Wildman–Crippen MR) is 127 cm³/mol. The summed E-state index contributed by atoms with van der Waals surface area (Å²) in [6.45, 7) is 10.2. The molecule has 0 saturated carbocycles. The summed E-state index contributed by atoms with van der Waals surface area (Å²) in [5.74, 6) is -0.188. The first kappa shape index (κ1) is 23.2. The third-order valence-corrected chi connectivity index (χ3v) is 4.49. The normalized spacial score (nSPS) is 12.0. The Morgan fingerprint density at radius 1 is 1.17 bits per heavy atom. The molecule has 0 aliphatic heterocycles. The van der Waals surface area contributed by atoms with E-state index in [4.69, 9.17) is 11.6 Å². The van der Waals surface area contributed by atoms with Crippen molar-refractivity contribution in [1.82, 2.24) is 9.78 Å². The van der Waals surface area contributed by atoms with Crippen LogP contribution in [0.3, 0.4) is 0 Å². The summed E-state index contributed by atoms with van der Waals surface area (Å²) in [5.41, 5.74) is 3.15. The Bertz CT molecular complexity index is 1130. The molecule has 0 fully saturated rings. The van der Waals surface area contributed by atoms with Crippen LogP contribution in [0.1, 0.15) is 43.1 Å². The lowest BCUT2D eigenvalue weighted by atomic mass is 10.00. The number of hydrogen-bond acceptors (Lipinski definition) is 2. The van der Waals surface area contributed by atoms with Crippen molar-refractivity contribution >= 4 is 34.8 Å². The molecule has 1 N–H and O–H groups in total. The van der Waals surface area contributed by atoms with Crippen molar-refractivity contribution in [2.75, 3.05) is 5.32 Å². The molecule has 0 aliphatic rings. The molecule has 1 heterocycles. The van der Waals surface area contributed by atoms with E-state index < -0.39 is 0 Å². The molecule has 1 amide bonds. The van der Waals surface area contributed by atoms with Gasteiger partial charge < -0.3 is 5.32 Å². The number of nitrogens with zero attached hydrogens (tertiary/aromatic N) is 2. The Kier molecular flexibility index (Phi) is 8.63. The molecule has 0 atom stereocenters. The van der Waals surface area contributed by atoms with Crippen LogP contribution >= 0.6 is 11.6 Å². The minimum absolute atomic E-state index is 0.188. The first-order valence-corrected chi connectivity index (χ1v) is 10.3. The summed E-state index contributed by atoms with van der Waals surface area (Å²) >= 11 is 6.01. The van der Waals surface area contributed by atoms with Crippen molar-refractivity contribution in [3.63, 3.8) is 0 Å².